The Kier molecular flexibility index (Phi) is 6.92. The number of hydrogen-bond donors (Lipinski definition) is 1. The van der Waals surface area contributed by atoms with Crippen LogP contribution in [0.3, 0.4) is 0 Å². The molecule has 0 aliphatic carbocycles. The number of alkyl halides is 3. The van der Waals surface area contributed by atoms with E-state index >= 15 is 0 Å². The molecule has 0 radical (unpaired) electrons. The van der Waals surface area contributed by atoms with Crippen molar-refractivity contribution in [3.05, 3.63) is 0 Å². The number of halogens is 3. The molecule has 102 valence electrons. The first kappa shape index (κ1) is 16.6. The lowest BCUT2D eigenvalue weighted by atomic mass is 10.2. The molecule has 7 heteroatoms. The first-order valence-electron chi connectivity index (χ1n) is 5.21. The fourth-order valence-electron chi connectivity index (χ4n) is 0.837. The fourth-order valence-corrected chi connectivity index (χ4v) is 0.999. The number of carbonyl (C=O) groups excluding carboxylic acids is 1. The third-order valence-corrected chi connectivity index (χ3v) is 2.11. The molecule has 0 bridgehead atoms. The maximum Gasteiger partial charge on any atom is 0.407 e. The number of ether oxygens (including phenoxy) is 2. The lowest BCUT2D eigenvalue weighted by Crippen LogP contribution is -2.33. The molecule has 1 N–H and O–H groups in total. The van der Waals surface area contributed by atoms with Gasteiger partial charge in [0.1, 0.15) is 5.60 Å². The number of hydrogen-bond acceptors (Lipinski definition) is 3. The molecule has 0 aliphatic heterocycles. The summed E-state index contributed by atoms with van der Waals surface area (Å²) in [5.41, 5.74) is -0.566. The molecule has 0 unspecified atom stereocenters. The van der Waals surface area contributed by atoms with E-state index in [1.54, 1.807) is 20.8 Å². The Balaban J connectivity index is 3.56. The number of nitrogens with one attached hydrogen (secondary N) is 1. The highest BCUT2D eigenvalue weighted by Crippen LogP contribution is 2.17. The molecule has 0 spiro atoms. The zero-order valence-corrected chi connectivity index (χ0v) is 11.8. The Labute approximate surface area is 108 Å². The third kappa shape index (κ3) is 10.4. The minimum atomic E-state index is -3.16. The highest BCUT2D eigenvalue weighted by molar-refractivity contribution is 9.09. The van der Waals surface area contributed by atoms with Gasteiger partial charge in [-0.25, -0.2) is 4.79 Å². The van der Waals surface area contributed by atoms with Crippen LogP contribution in [0.4, 0.5) is 13.6 Å². The Morgan fingerprint density at radius 2 is 1.94 bits per heavy atom. The van der Waals surface area contributed by atoms with E-state index in [1.807, 2.05) is 0 Å². The molecule has 0 rings (SSSR count). The van der Waals surface area contributed by atoms with Crippen LogP contribution in [0.25, 0.3) is 0 Å². The van der Waals surface area contributed by atoms with Crippen molar-refractivity contribution in [3.63, 3.8) is 0 Å². The summed E-state index contributed by atoms with van der Waals surface area (Å²) in [4.78, 5) is 11.1. The second kappa shape index (κ2) is 7.10. The fraction of sp³-hybridized carbons (Fsp3) is 0.900. The van der Waals surface area contributed by atoms with Crippen molar-refractivity contribution < 1.29 is 23.0 Å². The maximum absolute atomic E-state index is 12.6. The maximum atomic E-state index is 12.6. The first-order valence-corrected chi connectivity index (χ1v) is 6.33. The first-order chi connectivity index (χ1) is 7.66. The van der Waals surface area contributed by atoms with Gasteiger partial charge in [0.25, 0.3) is 0 Å². The van der Waals surface area contributed by atoms with Gasteiger partial charge in [-0.15, -0.1) is 0 Å². The number of rotatable bonds is 6. The van der Waals surface area contributed by atoms with Crippen molar-refractivity contribution in [2.24, 2.45) is 0 Å². The monoisotopic (exact) mass is 317 g/mol. The second-order valence-electron chi connectivity index (χ2n) is 4.40. The zero-order chi connectivity index (χ0) is 13.5. The molecule has 0 saturated carbocycles. The molecule has 0 aromatic carbocycles. The van der Waals surface area contributed by atoms with Crippen LogP contribution < -0.4 is 5.32 Å². The molecule has 0 saturated heterocycles. The van der Waals surface area contributed by atoms with Crippen LogP contribution >= 0.6 is 15.9 Å². The summed E-state index contributed by atoms with van der Waals surface area (Å²) in [5.74, 6) is 0. The van der Waals surface area contributed by atoms with Crippen molar-refractivity contribution in [2.45, 2.75) is 38.9 Å². The SMILES string of the molecule is CC(C)(C)OC(=O)NCCCOC(F)(F)CBr. The predicted octanol–water partition coefficient (Wildman–Crippen LogP) is 2.91. The Hall–Kier alpha value is -0.430. The highest BCUT2D eigenvalue weighted by Gasteiger charge is 2.27. The van der Waals surface area contributed by atoms with Crippen LogP contribution in [0.2, 0.25) is 0 Å². The van der Waals surface area contributed by atoms with E-state index in [9.17, 15) is 13.6 Å². The van der Waals surface area contributed by atoms with Gasteiger partial charge in [-0.3, -0.25) is 0 Å². The Morgan fingerprint density at radius 1 is 1.35 bits per heavy atom. The van der Waals surface area contributed by atoms with Gasteiger partial charge in [0.2, 0.25) is 0 Å². The number of alkyl carbamates (subject to hydrolysis) is 1. The van der Waals surface area contributed by atoms with Crippen molar-refractivity contribution in [1.82, 2.24) is 5.32 Å². The summed E-state index contributed by atoms with van der Waals surface area (Å²) in [6, 6.07) is 0. The average molecular weight is 318 g/mol. The van der Waals surface area contributed by atoms with Crippen LogP contribution in [0.5, 0.6) is 0 Å². The highest BCUT2D eigenvalue weighted by atomic mass is 79.9. The molecule has 4 nitrogen and oxygen atoms in total. The molecule has 1 amide bonds. The molecular formula is C10H18BrF2NO3. The minimum absolute atomic E-state index is 0.131. The standard InChI is InChI=1S/C10H18BrF2NO3/c1-9(2,3)17-8(15)14-5-4-6-16-10(12,13)7-11/h4-7H2,1-3H3,(H,14,15). The van der Waals surface area contributed by atoms with Gasteiger partial charge in [0, 0.05) is 6.54 Å². The van der Waals surface area contributed by atoms with E-state index in [4.69, 9.17) is 4.74 Å². The molecular weight excluding hydrogens is 300 g/mol. The lowest BCUT2D eigenvalue weighted by molar-refractivity contribution is -0.219. The van der Waals surface area contributed by atoms with Crippen LogP contribution in [0.1, 0.15) is 27.2 Å². The smallest absolute Gasteiger partial charge is 0.407 e. The predicted molar refractivity (Wildman–Crippen MR) is 63.5 cm³/mol. The van der Waals surface area contributed by atoms with Crippen LogP contribution in [0.15, 0.2) is 0 Å². The summed E-state index contributed by atoms with van der Waals surface area (Å²) in [7, 11) is 0. The van der Waals surface area contributed by atoms with Gasteiger partial charge in [-0.05, 0) is 27.2 Å². The number of amides is 1. The Bertz CT molecular complexity index is 244. The molecule has 0 atom stereocenters. The third-order valence-electron chi connectivity index (χ3n) is 1.46. The van der Waals surface area contributed by atoms with E-state index in [0.717, 1.165) is 0 Å². The van der Waals surface area contributed by atoms with Crippen molar-refractivity contribution in [2.75, 3.05) is 18.5 Å². The van der Waals surface area contributed by atoms with E-state index in [2.05, 4.69) is 26.0 Å². The van der Waals surface area contributed by atoms with Crippen LogP contribution in [-0.2, 0) is 9.47 Å². The van der Waals surface area contributed by atoms with Gasteiger partial charge in [0.15, 0.2) is 0 Å². The topological polar surface area (TPSA) is 47.6 Å². The van der Waals surface area contributed by atoms with Crippen LogP contribution in [0, 0.1) is 0 Å². The van der Waals surface area contributed by atoms with Crippen molar-refractivity contribution in [3.8, 4) is 0 Å². The molecule has 0 fully saturated rings. The Morgan fingerprint density at radius 3 is 2.41 bits per heavy atom. The van der Waals surface area contributed by atoms with E-state index < -0.39 is 23.1 Å². The van der Waals surface area contributed by atoms with Crippen molar-refractivity contribution in [1.29, 1.82) is 0 Å². The second-order valence-corrected chi connectivity index (χ2v) is 4.96. The summed E-state index contributed by atoms with van der Waals surface area (Å²) < 4.78 is 34.4. The van der Waals surface area contributed by atoms with E-state index in [1.165, 1.54) is 0 Å². The van der Waals surface area contributed by atoms with Crippen LogP contribution in [-0.4, -0.2) is 36.3 Å². The van der Waals surface area contributed by atoms with Gasteiger partial charge in [-0.2, -0.15) is 8.78 Å². The van der Waals surface area contributed by atoms with Gasteiger partial charge in [-0.1, -0.05) is 15.9 Å². The molecule has 17 heavy (non-hydrogen) atoms. The average Bonchev–Trinajstić information content (AvgIpc) is 2.14. The summed E-state index contributed by atoms with van der Waals surface area (Å²) in [6.07, 6.45) is -3.43. The summed E-state index contributed by atoms with van der Waals surface area (Å²) >= 11 is 2.63. The summed E-state index contributed by atoms with van der Waals surface area (Å²) in [6.45, 7) is 5.33. The molecule has 0 heterocycles. The van der Waals surface area contributed by atoms with Gasteiger partial charge in [0.05, 0.1) is 11.9 Å². The molecule has 0 aliphatic rings. The number of carbonyl (C=O) groups is 1. The molecule has 0 aromatic rings. The minimum Gasteiger partial charge on any atom is -0.444 e. The molecule has 0 aromatic heterocycles. The zero-order valence-electron chi connectivity index (χ0n) is 10.2. The quantitative estimate of drug-likeness (QED) is 0.605. The largest absolute Gasteiger partial charge is 0.444 e. The van der Waals surface area contributed by atoms with Crippen molar-refractivity contribution >= 4 is 22.0 Å². The van der Waals surface area contributed by atoms with Gasteiger partial charge >= 0.3 is 12.2 Å². The van der Waals surface area contributed by atoms with E-state index in [-0.39, 0.29) is 13.2 Å². The normalized spacial score (nSPS) is 12.4. The lowest BCUT2D eigenvalue weighted by Gasteiger charge is -2.19. The van der Waals surface area contributed by atoms with Gasteiger partial charge < -0.3 is 14.8 Å². The summed E-state index contributed by atoms with van der Waals surface area (Å²) in [5, 5.41) is 1.90. The van der Waals surface area contributed by atoms with E-state index in [0.29, 0.717) is 6.42 Å².